The molecule has 1 saturated heterocycles. The summed E-state index contributed by atoms with van der Waals surface area (Å²) in [5.74, 6) is 1.25. The molecule has 7 nitrogen and oxygen atoms in total. The maximum Gasteiger partial charge on any atom is 0.250 e. The third-order valence-corrected chi connectivity index (χ3v) is 4.85. The van der Waals surface area contributed by atoms with E-state index in [4.69, 9.17) is 0 Å². The minimum Gasteiger partial charge on any atom is -0.348 e. The first-order valence-corrected chi connectivity index (χ1v) is 8.19. The van der Waals surface area contributed by atoms with Crippen LogP contribution in [0.5, 0.6) is 0 Å². The Balaban J connectivity index is 1.72. The van der Waals surface area contributed by atoms with Gasteiger partial charge in [0.1, 0.15) is 16.9 Å². The maximum atomic E-state index is 12.6. The van der Waals surface area contributed by atoms with Gasteiger partial charge in [-0.05, 0) is 13.3 Å². The Bertz CT molecular complexity index is 691. The second-order valence-electron chi connectivity index (χ2n) is 5.84. The average molecular weight is 320 g/mol. The number of hydrogen-bond donors (Lipinski definition) is 1. The van der Waals surface area contributed by atoms with Crippen molar-refractivity contribution in [1.29, 1.82) is 0 Å². The van der Waals surface area contributed by atoms with Gasteiger partial charge in [0.15, 0.2) is 0 Å². The first kappa shape index (κ1) is 15.0. The van der Waals surface area contributed by atoms with E-state index >= 15 is 0 Å². The molecule has 3 rings (SSSR count). The van der Waals surface area contributed by atoms with Crippen LogP contribution in [0.2, 0.25) is 0 Å². The van der Waals surface area contributed by atoms with E-state index in [0.29, 0.717) is 17.6 Å². The van der Waals surface area contributed by atoms with Gasteiger partial charge in [-0.15, -0.1) is 10.2 Å². The Morgan fingerprint density at radius 3 is 2.77 bits per heavy atom. The van der Waals surface area contributed by atoms with Crippen molar-refractivity contribution in [3.63, 3.8) is 0 Å². The van der Waals surface area contributed by atoms with Crippen LogP contribution in [0.15, 0.2) is 6.07 Å². The minimum atomic E-state index is -0.247. The molecule has 1 amide bonds. The Kier molecular flexibility index (Phi) is 3.86. The van der Waals surface area contributed by atoms with Crippen LogP contribution in [0.3, 0.4) is 0 Å². The van der Waals surface area contributed by atoms with E-state index < -0.39 is 0 Å². The lowest BCUT2D eigenvalue weighted by Crippen LogP contribution is -2.34. The summed E-state index contributed by atoms with van der Waals surface area (Å²) in [7, 11) is 1.86. The number of rotatable bonds is 4. The molecule has 2 aromatic rings. The minimum absolute atomic E-state index is 0.0595. The van der Waals surface area contributed by atoms with Gasteiger partial charge in [0.2, 0.25) is 5.13 Å². The van der Waals surface area contributed by atoms with Gasteiger partial charge in [-0.1, -0.05) is 25.2 Å². The molecule has 0 bridgehead atoms. The number of aryl methyl sites for hydroxylation is 2. The summed E-state index contributed by atoms with van der Waals surface area (Å²) in [6.45, 7) is 6.77. The zero-order valence-electron chi connectivity index (χ0n) is 13.2. The van der Waals surface area contributed by atoms with E-state index in [-0.39, 0.29) is 11.9 Å². The molecule has 0 unspecified atom stereocenters. The number of carbonyl (C=O) groups is 1. The molecule has 118 valence electrons. The van der Waals surface area contributed by atoms with Crippen LogP contribution >= 0.6 is 11.3 Å². The molecule has 1 atom stereocenters. The van der Waals surface area contributed by atoms with Gasteiger partial charge in [-0.25, -0.2) is 0 Å². The van der Waals surface area contributed by atoms with E-state index in [9.17, 15) is 4.79 Å². The van der Waals surface area contributed by atoms with Crippen molar-refractivity contribution >= 4 is 28.2 Å². The fourth-order valence-electron chi connectivity index (χ4n) is 2.57. The van der Waals surface area contributed by atoms with Crippen molar-refractivity contribution in [2.45, 2.75) is 39.2 Å². The second-order valence-corrected chi connectivity index (χ2v) is 6.85. The third-order valence-electron chi connectivity index (χ3n) is 3.69. The van der Waals surface area contributed by atoms with E-state index in [0.717, 1.165) is 22.9 Å². The molecule has 22 heavy (non-hydrogen) atoms. The molecule has 3 heterocycles. The molecule has 1 aliphatic rings. The Hall–Kier alpha value is -1.96. The van der Waals surface area contributed by atoms with Gasteiger partial charge in [0.25, 0.3) is 5.91 Å². The Labute approximate surface area is 133 Å². The van der Waals surface area contributed by atoms with Gasteiger partial charge in [-0.2, -0.15) is 5.10 Å². The van der Waals surface area contributed by atoms with Crippen molar-refractivity contribution < 1.29 is 4.79 Å². The topological polar surface area (TPSA) is 75.9 Å². The van der Waals surface area contributed by atoms with Gasteiger partial charge in [0.05, 0.1) is 5.69 Å². The molecule has 1 aliphatic heterocycles. The summed E-state index contributed by atoms with van der Waals surface area (Å²) in [6, 6.07) is 1.69. The number of hydrogen-bond acceptors (Lipinski definition) is 6. The highest BCUT2D eigenvalue weighted by atomic mass is 32.1. The highest BCUT2D eigenvalue weighted by molar-refractivity contribution is 7.15. The van der Waals surface area contributed by atoms with E-state index in [1.807, 2.05) is 20.0 Å². The van der Waals surface area contributed by atoms with Crippen molar-refractivity contribution in [3.8, 4) is 0 Å². The first-order chi connectivity index (χ1) is 10.5. The lowest BCUT2D eigenvalue weighted by Gasteiger charge is -2.16. The molecular formula is C14H20N6OS. The summed E-state index contributed by atoms with van der Waals surface area (Å²) in [5.41, 5.74) is 0.910. The summed E-state index contributed by atoms with van der Waals surface area (Å²) in [5, 5.41) is 17.5. The van der Waals surface area contributed by atoms with E-state index in [2.05, 4.69) is 34.5 Å². The van der Waals surface area contributed by atoms with E-state index in [1.165, 1.54) is 11.3 Å². The van der Waals surface area contributed by atoms with Gasteiger partial charge in [0, 0.05) is 25.6 Å². The summed E-state index contributed by atoms with van der Waals surface area (Å²) < 4.78 is 1.75. The number of nitrogens with one attached hydrogen (secondary N) is 1. The van der Waals surface area contributed by atoms with Crippen molar-refractivity contribution in [2.24, 2.45) is 7.05 Å². The molecular weight excluding hydrogens is 300 g/mol. The van der Waals surface area contributed by atoms with Crippen LogP contribution in [-0.2, 0) is 11.8 Å². The van der Waals surface area contributed by atoms with Crippen LogP contribution in [-0.4, -0.2) is 38.5 Å². The van der Waals surface area contributed by atoms with Gasteiger partial charge in [-0.3, -0.25) is 14.4 Å². The first-order valence-electron chi connectivity index (χ1n) is 7.37. The van der Waals surface area contributed by atoms with Crippen LogP contribution in [0.4, 0.5) is 10.9 Å². The van der Waals surface area contributed by atoms with Crippen LogP contribution in [0.25, 0.3) is 0 Å². The highest BCUT2D eigenvalue weighted by Gasteiger charge is 2.34. The molecule has 8 heteroatoms. The molecule has 0 spiro atoms. The number of nitrogens with zero attached hydrogens (tertiary/aromatic N) is 5. The molecule has 0 aromatic carbocycles. The van der Waals surface area contributed by atoms with Crippen LogP contribution < -0.4 is 10.2 Å². The predicted octanol–water partition coefficient (Wildman–Crippen LogP) is 1.92. The Morgan fingerprint density at radius 1 is 1.41 bits per heavy atom. The molecule has 0 saturated carbocycles. The SMILES string of the molecule is Cc1cc(N2CC[C@H](Nc3nnc(C(C)C)s3)C2=O)n(C)n1. The van der Waals surface area contributed by atoms with Crippen molar-refractivity contribution in [1.82, 2.24) is 20.0 Å². The lowest BCUT2D eigenvalue weighted by molar-refractivity contribution is -0.117. The van der Waals surface area contributed by atoms with Gasteiger partial charge >= 0.3 is 0 Å². The standard InChI is InChI=1S/C14H20N6OS/c1-8(2)12-16-17-14(22-12)15-10-5-6-20(13(10)21)11-7-9(3)18-19(11)4/h7-8,10H,5-6H2,1-4H3,(H,15,17)/t10-/m0/s1. The molecule has 1 N–H and O–H groups in total. The number of anilines is 2. The zero-order chi connectivity index (χ0) is 15.9. The third kappa shape index (κ3) is 2.70. The van der Waals surface area contributed by atoms with E-state index in [1.54, 1.807) is 9.58 Å². The summed E-state index contributed by atoms with van der Waals surface area (Å²) in [6.07, 6.45) is 0.750. The molecule has 1 fully saturated rings. The number of carbonyl (C=O) groups excluding carboxylic acids is 1. The summed E-state index contributed by atoms with van der Waals surface area (Å²) >= 11 is 1.51. The maximum absolute atomic E-state index is 12.6. The number of amides is 1. The van der Waals surface area contributed by atoms with Crippen molar-refractivity contribution in [2.75, 3.05) is 16.8 Å². The number of aromatic nitrogens is 4. The molecule has 0 aliphatic carbocycles. The molecule has 2 aromatic heterocycles. The lowest BCUT2D eigenvalue weighted by atomic mass is 10.2. The second kappa shape index (κ2) is 5.68. The van der Waals surface area contributed by atoms with Gasteiger partial charge < -0.3 is 5.32 Å². The Morgan fingerprint density at radius 2 is 2.18 bits per heavy atom. The summed E-state index contributed by atoms with van der Waals surface area (Å²) in [4.78, 5) is 14.4. The fraction of sp³-hybridized carbons (Fsp3) is 0.571. The van der Waals surface area contributed by atoms with Crippen LogP contribution in [0, 0.1) is 6.92 Å². The largest absolute Gasteiger partial charge is 0.348 e. The average Bonchev–Trinajstić information content (AvgIpc) is 3.12. The highest BCUT2D eigenvalue weighted by Crippen LogP contribution is 2.27. The quantitative estimate of drug-likeness (QED) is 0.931. The molecule has 0 radical (unpaired) electrons. The normalized spacial score (nSPS) is 18.5. The zero-order valence-corrected chi connectivity index (χ0v) is 14.0. The van der Waals surface area contributed by atoms with Crippen molar-refractivity contribution in [3.05, 3.63) is 16.8 Å². The smallest absolute Gasteiger partial charge is 0.250 e. The predicted molar refractivity (Wildman–Crippen MR) is 86.3 cm³/mol. The van der Waals surface area contributed by atoms with Crippen LogP contribution in [0.1, 0.15) is 36.9 Å². The monoisotopic (exact) mass is 320 g/mol. The fourth-order valence-corrected chi connectivity index (χ4v) is 3.36.